The fraction of sp³-hybridized carbons (Fsp3) is 0.0962. The summed E-state index contributed by atoms with van der Waals surface area (Å²) >= 11 is 0. The molecule has 2 aromatic heterocycles. The number of anilines is 1. The average Bonchev–Trinajstić information content (AvgIpc) is 3.95. The summed E-state index contributed by atoms with van der Waals surface area (Å²) in [5.41, 5.74) is 23.9. The van der Waals surface area contributed by atoms with Crippen LogP contribution in [0.25, 0.3) is 61.0 Å². The molecule has 3 aliphatic carbocycles. The van der Waals surface area contributed by atoms with E-state index in [2.05, 4.69) is 163 Å². The van der Waals surface area contributed by atoms with Gasteiger partial charge in [-0.2, -0.15) is 0 Å². The highest BCUT2D eigenvalue weighted by Gasteiger charge is 2.52. The molecule has 3 aliphatic rings. The molecule has 0 saturated heterocycles. The molecule has 1 atom stereocenters. The number of aromatic nitrogens is 1. The second-order valence-corrected chi connectivity index (χ2v) is 15.5. The van der Waals surface area contributed by atoms with Crippen LogP contribution in [-0.4, -0.2) is 10.3 Å². The van der Waals surface area contributed by atoms with Gasteiger partial charge in [0, 0.05) is 22.0 Å². The van der Waals surface area contributed by atoms with E-state index in [-0.39, 0.29) is 6.17 Å². The van der Waals surface area contributed by atoms with Crippen molar-refractivity contribution in [1.29, 1.82) is 0 Å². The van der Waals surface area contributed by atoms with Gasteiger partial charge in [0.15, 0.2) is 0 Å². The number of hydrogen-bond acceptors (Lipinski definition) is 3. The van der Waals surface area contributed by atoms with Gasteiger partial charge in [-0.1, -0.05) is 140 Å². The van der Waals surface area contributed by atoms with Crippen LogP contribution in [0.5, 0.6) is 0 Å². The van der Waals surface area contributed by atoms with E-state index >= 15 is 0 Å². The minimum absolute atomic E-state index is 0.275. The summed E-state index contributed by atoms with van der Waals surface area (Å²) in [6, 6.07) is 55.2. The van der Waals surface area contributed by atoms with Crippen molar-refractivity contribution in [2.24, 2.45) is 4.99 Å². The van der Waals surface area contributed by atoms with Gasteiger partial charge in [-0.15, -0.1) is 0 Å². The molecule has 4 heteroatoms. The zero-order valence-electron chi connectivity index (χ0n) is 31.0. The number of nitrogens with zero attached hydrogens (tertiary/aromatic N) is 2. The SMILES string of the molecule is CC(N=C(c1cccc2c1-c1ccccc1C21c2ccccc2-c2ccccc21)c1c(N)oc2ccccc12)n1c2c(c3cc4ccccc4cc31)CCC=C2. The number of aryl methyl sites for hydroxylation is 1. The van der Waals surface area contributed by atoms with Gasteiger partial charge in [-0.25, -0.2) is 0 Å². The first-order chi connectivity index (χ1) is 27.6. The Morgan fingerprint density at radius 1 is 0.679 bits per heavy atom. The highest BCUT2D eigenvalue weighted by atomic mass is 16.3. The third-order valence-corrected chi connectivity index (χ3v) is 12.7. The Morgan fingerprint density at radius 2 is 1.30 bits per heavy atom. The van der Waals surface area contributed by atoms with E-state index in [4.69, 9.17) is 15.1 Å². The first-order valence-corrected chi connectivity index (χ1v) is 19.6. The van der Waals surface area contributed by atoms with E-state index in [1.54, 1.807) is 0 Å². The Labute approximate surface area is 324 Å². The monoisotopic (exact) mass is 719 g/mol. The third-order valence-electron chi connectivity index (χ3n) is 12.7. The maximum atomic E-state index is 6.97. The van der Waals surface area contributed by atoms with Gasteiger partial charge in [0.05, 0.1) is 22.2 Å². The van der Waals surface area contributed by atoms with Crippen LogP contribution < -0.4 is 5.73 Å². The molecule has 2 heterocycles. The van der Waals surface area contributed by atoms with Crippen molar-refractivity contribution in [2.75, 3.05) is 5.73 Å². The highest BCUT2D eigenvalue weighted by Crippen LogP contribution is 2.63. The van der Waals surface area contributed by atoms with Crippen LogP contribution in [0.4, 0.5) is 5.88 Å². The summed E-state index contributed by atoms with van der Waals surface area (Å²) in [6.07, 6.45) is 6.36. The molecule has 9 aromatic rings. The Kier molecular flexibility index (Phi) is 6.48. The minimum Gasteiger partial charge on any atom is -0.440 e. The lowest BCUT2D eigenvalue weighted by Crippen LogP contribution is -2.26. The predicted octanol–water partition coefficient (Wildman–Crippen LogP) is 12.5. The molecule has 0 bridgehead atoms. The van der Waals surface area contributed by atoms with Gasteiger partial charge in [0.25, 0.3) is 0 Å². The smallest absolute Gasteiger partial charge is 0.201 e. The standard InChI is InChI=1S/C52H37N3O/c1-31(55-45-27-12-7-19-36(45)40-29-32-15-2-3-16-33(32)30-46(40)55)54-50(49-38-21-8-13-28-47(38)56-51(49)53)39-22-14-26-44-48(39)37-20-6-11-25-43(37)52(44)41-23-9-4-17-34(41)35-18-5-10-24-42(35)52/h2-6,8-18,20-31H,7,19,53H2,1H3. The lowest BCUT2D eigenvalue weighted by atomic mass is 9.70. The number of benzene rings is 7. The topological polar surface area (TPSA) is 56.4 Å². The highest BCUT2D eigenvalue weighted by molar-refractivity contribution is 6.25. The van der Waals surface area contributed by atoms with Crippen LogP contribution in [0.3, 0.4) is 0 Å². The summed E-state index contributed by atoms with van der Waals surface area (Å²) in [5, 5.41) is 4.74. The molecule has 2 N–H and O–H groups in total. The number of aliphatic imine (C=N–C) groups is 1. The van der Waals surface area contributed by atoms with Gasteiger partial charge >= 0.3 is 0 Å². The molecule has 0 amide bonds. The number of para-hydroxylation sites is 1. The van der Waals surface area contributed by atoms with Crippen molar-refractivity contribution in [3.05, 3.63) is 202 Å². The first-order valence-electron chi connectivity index (χ1n) is 19.6. The minimum atomic E-state index is -0.475. The quantitative estimate of drug-likeness (QED) is 0.184. The molecular formula is C52H37N3O. The van der Waals surface area contributed by atoms with Crippen LogP contribution in [0.2, 0.25) is 0 Å². The number of nitrogen functional groups attached to an aromatic ring is 1. The normalized spacial score (nSPS) is 15.3. The number of furan rings is 1. The van der Waals surface area contributed by atoms with Gasteiger partial charge < -0.3 is 14.7 Å². The third kappa shape index (κ3) is 4.05. The molecule has 0 aliphatic heterocycles. The van der Waals surface area contributed by atoms with E-state index in [0.717, 1.165) is 40.6 Å². The molecule has 7 aromatic carbocycles. The zero-order chi connectivity index (χ0) is 37.1. The number of fused-ring (bicyclic) bond motifs is 15. The largest absolute Gasteiger partial charge is 0.440 e. The molecular weight excluding hydrogens is 683 g/mol. The zero-order valence-corrected chi connectivity index (χ0v) is 31.0. The van der Waals surface area contributed by atoms with Crippen molar-refractivity contribution in [1.82, 2.24) is 4.57 Å². The molecule has 0 radical (unpaired) electrons. The lowest BCUT2D eigenvalue weighted by Gasteiger charge is -2.30. The fourth-order valence-electron chi connectivity index (χ4n) is 10.5. The van der Waals surface area contributed by atoms with Crippen molar-refractivity contribution < 1.29 is 4.42 Å². The molecule has 12 rings (SSSR count). The number of nitrogens with two attached hydrogens (primary N) is 1. The van der Waals surface area contributed by atoms with Crippen molar-refractivity contribution in [3.8, 4) is 22.3 Å². The molecule has 1 unspecified atom stereocenters. The lowest BCUT2D eigenvalue weighted by molar-refractivity contribution is 0.589. The van der Waals surface area contributed by atoms with E-state index in [1.165, 1.54) is 77.4 Å². The van der Waals surface area contributed by atoms with Crippen LogP contribution in [0, 0.1) is 0 Å². The Bertz CT molecular complexity index is 3140. The van der Waals surface area contributed by atoms with Crippen LogP contribution in [-0.2, 0) is 11.8 Å². The maximum absolute atomic E-state index is 6.97. The van der Waals surface area contributed by atoms with Gasteiger partial charge in [-0.3, -0.25) is 4.99 Å². The molecule has 56 heavy (non-hydrogen) atoms. The Hall–Kier alpha value is -6.91. The first kappa shape index (κ1) is 31.4. The molecule has 266 valence electrons. The van der Waals surface area contributed by atoms with Crippen LogP contribution in [0.1, 0.15) is 64.1 Å². The number of allylic oxidation sites excluding steroid dienone is 1. The molecule has 0 fully saturated rings. The van der Waals surface area contributed by atoms with E-state index in [0.29, 0.717) is 5.88 Å². The van der Waals surface area contributed by atoms with Crippen molar-refractivity contribution in [2.45, 2.75) is 31.3 Å². The average molecular weight is 720 g/mol. The van der Waals surface area contributed by atoms with E-state index in [9.17, 15) is 0 Å². The summed E-state index contributed by atoms with van der Waals surface area (Å²) in [6.45, 7) is 2.22. The van der Waals surface area contributed by atoms with Gasteiger partial charge in [0.1, 0.15) is 11.7 Å². The van der Waals surface area contributed by atoms with Gasteiger partial charge in [-0.05, 0) is 105 Å². The predicted molar refractivity (Wildman–Crippen MR) is 231 cm³/mol. The fourth-order valence-corrected chi connectivity index (χ4v) is 10.5. The summed E-state index contributed by atoms with van der Waals surface area (Å²) in [7, 11) is 0. The number of hydrogen-bond donors (Lipinski definition) is 1. The Morgan fingerprint density at radius 3 is 2.07 bits per heavy atom. The van der Waals surface area contributed by atoms with E-state index < -0.39 is 5.41 Å². The number of rotatable bonds is 4. The summed E-state index contributed by atoms with van der Waals surface area (Å²) in [4.78, 5) is 5.84. The molecule has 0 saturated carbocycles. The molecule has 4 nitrogen and oxygen atoms in total. The second-order valence-electron chi connectivity index (χ2n) is 15.5. The van der Waals surface area contributed by atoms with Crippen LogP contribution >= 0.6 is 0 Å². The second kappa shape index (κ2) is 11.5. The van der Waals surface area contributed by atoms with E-state index in [1.807, 2.05) is 12.1 Å². The van der Waals surface area contributed by atoms with Crippen molar-refractivity contribution >= 4 is 50.3 Å². The summed E-state index contributed by atoms with van der Waals surface area (Å²) < 4.78 is 8.77. The van der Waals surface area contributed by atoms with Crippen LogP contribution in [0.15, 0.2) is 167 Å². The molecule has 1 spiro atoms. The maximum Gasteiger partial charge on any atom is 0.201 e. The Balaban J connectivity index is 1.17. The summed E-state index contributed by atoms with van der Waals surface area (Å²) in [5.74, 6) is 0.373. The van der Waals surface area contributed by atoms with Gasteiger partial charge in [0.2, 0.25) is 5.88 Å². The van der Waals surface area contributed by atoms with Crippen molar-refractivity contribution in [3.63, 3.8) is 0 Å².